The summed E-state index contributed by atoms with van der Waals surface area (Å²) in [4.78, 5) is 2.09. The first kappa shape index (κ1) is 12.5. The van der Waals surface area contributed by atoms with Crippen molar-refractivity contribution in [2.75, 3.05) is 20.6 Å². The lowest BCUT2D eigenvalue weighted by molar-refractivity contribution is 0.449. The predicted octanol–water partition coefficient (Wildman–Crippen LogP) is 0.954. The highest BCUT2D eigenvalue weighted by Crippen LogP contribution is 2.15. The lowest BCUT2D eigenvalue weighted by atomic mass is 10.1. The lowest BCUT2D eigenvalue weighted by Crippen LogP contribution is -2.15. The van der Waals surface area contributed by atoms with Crippen molar-refractivity contribution in [3.8, 4) is 0 Å². The molecule has 1 N–H and O–H groups in total. The highest BCUT2D eigenvalue weighted by molar-refractivity contribution is 5.73. The van der Waals surface area contributed by atoms with E-state index in [4.69, 9.17) is 5.41 Å². The van der Waals surface area contributed by atoms with E-state index in [9.17, 15) is 4.39 Å². The number of rotatable bonds is 2. The van der Waals surface area contributed by atoms with Gasteiger partial charge in [-0.3, -0.25) is 5.41 Å². The normalized spacial score (nSPS) is 17.0. The smallest absolute Gasteiger partial charge is 0.140 e. The summed E-state index contributed by atoms with van der Waals surface area (Å²) in [5.74, 6) is 1.67. The molecule has 0 atom stereocenters. The van der Waals surface area contributed by atoms with Gasteiger partial charge in [0.25, 0.3) is 0 Å². The molecule has 0 amide bonds. The number of halogens is 1. The van der Waals surface area contributed by atoms with E-state index < -0.39 is 5.82 Å². The van der Waals surface area contributed by atoms with Crippen LogP contribution in [-0.4, -0.2) is 31.4 Å². The summed E-state index contributed by atoms with van der Waals surface area (Å²) in [5.41, 5.74) is 2.21. The molecule has 0 radical (unpaired) electrons. The molecule has 92 valence electrons. The fraction of sp³-hybridized carbons (Fsp3) is 0.200. The summed E-state index contributed by atoms with van der Waals surface area (Å²) in [6.45, 7) is 0.870. The third kappa shape index (κ3) is 2.65. The average molecular weight is 242 g/mol. The van der Waals surface area contributed by atoms with Gasteiger partial charge in [0.1, 0.15) is 5.82 Å². The SMILES string of the molecule is CN(C)CC1=C/C(=c2/ccc(=C=N)c(F)c2)C=C1. The van der Waals surface area contributed by atoms with Gasteiger partial charge < -0.3 is 4.90 Å². The summed E-state index contributed by atoms with van der Waals surface area (Å²) < 4.78 is 13.6. The van der Waals surface area contributed by atoms with Crippen molar-refractivity contribution in [1.82, 2.24) is 4.90 Å². The van der Waals surface area contributed by atoms with E-state index in [1.807, 2.05) is 32.3 Å². The molecular weight excluding hydrogens is 227 g/mol. The number of nitrogens with zero attached hydrogens (tertiary/aromatic N) is 1. The van der Waals surface area contributed by atoms with Crippen LogP contribution in [0.1, 0.15) is 0 Å². The predicted molar refractivity (Wildman–Crippen MR) is 71.7 cm³/mol. The third-order valence-electron chi connectivity index (χ3n) is 2.75. The molecular formula is C15H15FN2. The largest absolute Gasteiger partial charge is 0.305 e. The summed E-state index contributed by atoms with van der Waals surface area (Å²) in [6, 6.07) is 4.84. The fourth-order valence-electron chi connectivity index (χ4n) is 1.93. The van der Waals surface area contributed by atoms with Gasteiger partial charge in [-0.05, 0) is 54.5 Å². The maximum atomic E-state index is 13.6. The van der Waals surface area contributed by atoms with E-state index in [0.717, 1.165) is 17.3 Å². The molecule has 0 fully saturated rings. The van der Waals surface area contributed by atoms with E-state index in [2.05, 4.69) is 16.8 Å². The molecule has 0 aromatic heterocycles. The molecule has 2 nitrogen and oxygen atoms in total. The Morgan fingerprint density at radius 2 is 2.06 bits per heavy atom. The zero-order valence-electron chi connectivity index (χ0n) is 10.5. The second-order valence-electron chi connectivity index (χ2n) is 4.57. The van der Waals surface area contributed by atoms with Gasteiger partial charge in [0.15, 0.2) is 0 Å². The number of likely N-dealkylation sites (N-methyl/N-ethyl adjacent to an activating group) is 1. The molecule has 2 rings (SSSR count). The minimum Gasteiger partial charge on any atom is -0.305 e. The van der Waals surface area contributed by atoms with Crippen LogP contribution in [0.15, 0.2) is 42.0 Å². The van der Waals surface area contributed by atoms with Crippen LogP contribution in [0.5, 0.6) is 0 Å². The monoisotopic (exact) mass is 242 g/mol. The average Bonchev–Trinajstić information content (AvgIpc) is 2.76. The van der Waals surface area contributed by atoms with Gasteiger partial charge in [-0.1, -0.05) is 18.2 Å². The van der Waals surface area contributed by atoms with Gasteiger partial charge in [0.2, 0.25) is 0 Å². The van der Waals surface area contributed by atoms with E-state index in [1.54, 1.807) is 6.07 Å². The van der Waals surface area contributed by atoms with Gasteiger partial charge in [-0.25, -0.2) is 4.39 Å². The fourth-order valence-corrected chi connectivity index (χ4v) is 1.93. The maximum Gasteiger partial charge on any atom is 0.140 e. The quantitative estimate of drug-likeness (QED) is 0.768. The van der Waals surface area contributed by atoms with Crippen LogP contribution in [0.4, 0.5) is 4.39 Å². The summed E-state index contributed by atoms with van der Waals surface area (Å²) in [6.07, 6.45) is 6.09. The van der Waals surface area contributed by atoms with Crippen LogP contribution < -0.4 is 10.4 Å². The Kier molecular flexibility index (Phi) is 3.56. The Hall–Kier alpha value is -1.96. The second-order valence-corrected chi connectivity index (χ2v) is 4.57. The Morgan fingerprint density at radius 3 is 2.67 bits per heavy atom. The van der Waals surface area contributed by atoms with Gasteiger partial charge in [0, 0.05) is 6.54 Å². The second kappa shape index (κ2) is 5.13. The molecule has 1 aliphatic carbocycles. The molecule has 0 aliphatic heterocycles. The van der Waals surface area contributed by atoms with Gasteiger partial charge in [0.05, 0.1) is 5.22 Å². The van der Waals surface area contributed by atoms with Crippen molar-refractivity contribution >= 4 is 11.4 Å². The Balaban J connectivity index is 2.46. The summed E-state index contributed by atoms with van der Waals surface area (Å²) >= 11 is 0. The minimum absolute atomic E-state index is 0.193. The molecule has 0 saturated carbocycles. The molecule has 0 heterocycles. The summed E-state index contributed by atoms with van der Waals surface area (Å²) in [7, 11) is 4.03. The first-order valence-electron chi connectivity index (χ1n) is 5.73. The van der Waals surface area contributed by atoms with Crippen molar-refractivity contribution in [2.24, 2.45) is 0 Å². The summed E-state index contributed by atoms with van der Waals surface area (Å²) in [5, 5.41) is 7.97. The first-order valence-corrected chi connectivity index (χ1v) is 5.73. The molecule has 18 heavy (non-hydrogen) atoms. The lowest BCUT2D eigenvalue weighted by Gasteiger charge is -2.07. The number of benzene rings is 1. The molecule has 0 bridgehead atoms. The highest BCUT2D eigenvalue weighted by atomic mass is 19.1. The van der Waals surface area contributed by atoms with Crippen molar-refractivity contribution in [3.63, 3.8) is 0 Å². The van der Waals surface area contributed by atoms with Crippen LogP contribution in [0.3, 0.4) is 0 Å². The number of nitrogens with one attached hydrogen (secondary N) is 1. The van der Waals surface area contributed by atoms with Gasteiger partial charge >= 0.3 is 0 Å². The number of allylic oxidation sites excluding steroid dienone is 2. The van der Waals surface area contributed by atoms with Crippen LogP contribution in [0.2, 0.25) is 0 Å². The van der Waals surface area contributed by atoms with Crippen LogP contribution in [0, 0.1) is 11.2 Å². The molecule has 0 spiro atoms. The van der Waals surface area contributed by atoms with Crippen molar-refractivity contribution in [2.45, 2.75) is 0 Å². The molecule has 1 aliphatic rings. The van der Waals surface area contributed by atoms with Gasteiger partial charge in [-0.2, -0.15) is 0 Å². The van der Waals surface area contributed by atoms with E-state index in [1.165, 1.54) is 11.6 Å². The van der Waals surface area contributed by atoms with E-state index in [-0.39, 0.29) is 5.22 Å². The Morgan fingerprint density at radius 1 is 1.28 bits per heavy atom. The first-order chi connectivity index (χ1) is 8.60. The molecule has 1 aromatic carbocycles. The van der Waals surface area contributed by atoms with Crippen LogP contribution >= 0.6 is 0 Å². The van der Waals surface area contributed by atoms with Crippen molar-refractivity contribution in [3.05, 3.63) is 58.3 Å². The number of hydrogen-bond acceptors (Lipinski definition) is 2. The zero-order valence-corrected chi connectivity index (χ0v) is 10.5. The van der Waals surface area contributed by atoms with Crippen molar-refractivity contribution in [1.29, 1.82) is 5.41 Å². The molecule has 0 unspecified atom stereocenters. The Bertz CT molecular complexity index is 662. The molecule has 1 aromatic rings. The zero-order chi connectivity index (χ0) is 13.1. The standard InChI is InChI=1S/C15H15FN2/c1-18(2)10-11-3-4-12(7-11)13-5-6-14(9-17)15(16)8-13/h3-8,17H,10H2,1-2H3/b13-12-. The molecule has 0 saturated heterocycles. The van der Waals surface area contributed by atoms with E-state index >= 15 is 0 Å². The maximum absolute atomic E-state index is 13.6. The molecule has 3 heteroatoms. The topological polar surface area (TPSA) is 27.1 Å². The van der Waals surface area contributed by atoms with Gasteiger partial charge in [-0.15, -0.1) is 0 Å². The van der Waals surface area contributed by atoms with Crippen LogP contribution in [-0.2, 0) is 0 Å². The minimum atomic E-state index is -0.405. The Labute approximate surface area is 106 Å². The van der Waals surface area contributed by atoms with Crippen LogP contribution in [0.25, 0.3) is 5.57 Å². The highest BCUT2D eigenvalue weighted by Gasteiger charge is 2.04. The van der Waals surface area contributed by atoms with E-state index in [0.29, 0.717) is 0 Å². The van der Waals surface area contributed by atoms with Crippen molar-refractivity contribution < 1.29 is 4.39 Å². The third-order valence-corrected chi connectivity index (χ3v) is 2.75. The number of hydrogen-bond donors (Lipinski definition) is 1.